The van der Waals surface area contributed by atoms with Crippen LogP contribution < -0.4 is 5.32 Å². The van der Waals surface area contributed by atoms with Crippen molar-refractivity contribution < 1.29 is 23.5 Å². The van der Waals surface area contributed by atoms with Crippen molar-refractivity contribution in [2.24, 2.45) is 5.92 Å². The Hall–Kier alpha value is -2.53. The first-order valence-corrected chi connectivity index (χ1v) is 10.1. The van der Waals surface area contributed by atoms with Gasteiger partial charge in [-0.25, -0.2) is 8.78 Å². The summed E-state index contributed by atoms with van der Waals surface area (Å²) >= 11 is 11.8. The van der Waals surface area contributed by atoms with Gasteiger partial charge in [-0.15, -0.1) is 0 Å². The molecule has 0 bridgehead atoms. The number of ketones is 1. The topological polar surface area (TPSA) is 90.2 Å². The molecule has 5 nitrogen and oxygen atoms in total. The summed E-state index contributed by atoms with van der Waals surface area (Å²) in [5.74, 6) is -5.84. The molecule has 0 aromatic heterocycles. The molecular formula is C22H18Cl2F2N2O3. The Labute approximate surface area is 187 Å². The predicted molar refractivity (Wildman–Crippen MR) is 111 cm³/mol. The number of hydrogen-bond acceptors (Lipinski definition) is 4. The maximum absolute atomic E-state index is 15.1. The molecule has 4 atom stereocenters. The molecule has 1 aliphatic rings. The third kappa shape index (κ3) is 3.69. The fourth-order valence-corrected chi connectivity index (χ4v) is 4.57. The number of carboxylic acid groups (broad SMARTS) is 1. The third-order valence-electron chi connectivity index (χ3n) is 5.62. The van der Waals surface area contributed by atoms with Gasteiger partial charge in [0, 0.05) is 22.4 Å². The first-order chi connectivity index (χ1) is 14.6. The van der Waals surface area contributed by atoms with Crippen LogP contribution in [0.3, 0.4) is 0 Å². The first kappa shape index (κ1) is 23.1. The van der Waals surface area contributed by atoms with Crippen LogP contribution in [0.5, 0.6) is 0 Å². The van der Waals surface area contributed by atoms with Crippen LogP contribution in [0.1, 0.15) is 30.9 Å². The summed E-state index contributed by atoms with van der Waals surface area (Å²) in [6, 6.07) is 6.47. The third-order valence-corrected chi connectivity index (χ3v) is 6.15. The molecule has 0 amide bonds. The molecule has 2 N–H and O–H groups in total. The number of benzene rings is 2. The van der Waals surface area contributed by atoms with E-state index in [9.17, 15) is 20.0 Å². The Morgan fingerprint density at radius 3 is 2.45 bits per heavy atom. The molecule has 1 heterocycles. The smallest absolute Gasteiger partial charge is 0.321 e. The van der Waals surface area contributed by atoms with Gasteiger partial charge in [0.25, 0.3) is 0 Å². The monoisotopic (exact) mass is 466 g/mol. The fourth-order valence-electron chi connectivity index (χ4n) is 4.23. The SMILES string of the molecule is CC(C)C(=O)[C@H]1N[C@@H](C(=O)O)[C@H](c2cccc(Cl)c2F)[C@@]1(C#N)c1ccc(Cl)cc1F. The van der Waals surface area contributed by atoms with E-state index in [0.29, 0.717) is 0 Å². The number of Topliss-reactive ketones (excluding diaryl/α,β-unsaturated/α-hetero) is 1. The highest BCUT2D eigenvalue weighted by molar-refractivity contribution is 6.31. The summed E-state index contributed by atoms with van der Waals surface area (Å²) in [4.78, 5) is 25.2. The number of aliphatic carboxylic acids is 1. The molecule has 1 fully saturated rings. The number of nitrogens with one attached hydrogen (secondary N) is 1. The van der Waals surface area contributed by atoms with Crippen molar-refractivity contribution in [3.05, 3.63) is 69.2 Å². The molecule has 3 rings (SSSR count). The van der Waals surface area contributed by atoms with Crippen molar-refractivity contribution in [1.29, 1.82) is 5.26 Å². The van der Waals surface area contributed by atoms with E-state index in [0.717, 1.165) is 6.07 Å². The minimum absolute atomic E-state index is 0.0484. The van der Waals surface area contributed by atoms with Crippen molar-refractivity contribution >= 4 is 35.0 Å². The zero-order valence-corrected chi connectivity index (χ0v) is 18.0. The molecule has 2 aromatic carbocycles. The molecule has 9 heteroatoms. The number of hydrogen-bond donors (Lipinski definition) is 2. The van der Waals surface area contributed by atoms with E-state index < -0.39 is 52.7 Å². The molecule has 2 aromatic rings. The van der Waals surface area contributed by atoms with Crippen LogP contribution in [0.25, 0.3) is 0 Å². The van der Waals surface area contributed by atoms with Crippen molar-refractivity contribution in [3.8, 4) is 6.07 Å². The van der Waals surface area contributed by atoms with E-state index >= 15 is 8.78 Å². The molecule has 0 spiro atoms. The molecule has 1 aliphatic heterocycles. The number of carbonyl (C=O) groups is 2. The Balaban J connectivity index is 2.42. The zero-order valence-electron chi connectivity index (χ0n) is 16.5. The lowest BCUT2D eigenvalue weighted by molar-refractivity contribution is -0.139. The summed E-state index contributed by atoms with van der Waals surface area (Å²) < 4.78 is 30.2. The molecular weight excluding hydrogens is 449 g/mol. The molecule has 0 radical (unpaired) electrons. The minimum Gasteiger partial charge on any atom is -0.480 e. The second kappa shape index (κ2) is 8.54. The highest BCUT2D eigenvalue weighted by atomic mass is 35.5. The lowest BCUT2D eigenvalue weighted by atomic mass is 9.63. The van der Waals surface area contributed by atoms with Gasteiger partial charge in [-0.3, -0.25) is 14.9 Å². The summed E-state index contributed by atoms with van der Waals surface area (Å²) in [5.41, 5.74) is -2.54. The highest BCUT2D eigenvalue weighted by Crippen LogP contribution is 2.51. The Morgan fingerprint density at radius 1 is 1.23 bits per heavy atom. The first-order valence-electron chi connectivity index (χ1n) is 9.39. The lowest BCUT2D eigenvalue weighted by Crippen LogP contribution is -2.49. The van der Waals surface area contributed by atoms with Crippen molar-refractivity contribution in [2.75, 3.05) is 0 Å². The summed E-state index contributed by atoms with van der Waals surface area (Å²) in [7, 11) is 0. The average Bonchev–Trinajstić information content (AvgIpc) is 3.05. The molecule has 0 unspecified atom stereocenters. The predicted octanol–water partition coefficient (Wildman–Crippen LogP) is 4.47. The van der Waals surface area contributed by atoms with Crippen molar-refractivity contribution in [1.82, 2.24) is 5.32 Å². The van der Waals surface area contributed by atoms with E-state index in [1.54, 1.807) is 13.8 Å². The quantitative estimate of drug-likeness (QED) is 0.678. The van der Waals surface area contributed by atoms with E-state index in [4.69, 9.17) is 23.2 Å². The second-order valence-electron chi connectivity index (χ2n) is 7.70. The minimum atomic E-state index is -2.08. The van der Waals surface area contributed by atoms with E-state index in [1.165, 1.54) is 30.3 Å². The van der Waals surface area contributed by atoms with Gasteiger partial charge >= 0.3 is 5.97 Å². The Bertz CT molecular complexity index is 1100. The van der Waals surface area contributed by atoms with Crippen LogP contribution in [0.2, 0.25) is 10.0 Å². The standard InChI is InChI=1S/C22H18Cl2F2N2O3/c1-10(2)19(29)20-22(9-27,13-7-6-11(23)8-15(13)25)16(18(28-20)21(30)31)12-4-3-5-14(24)17(12)26/h3-8,10,16,18,20,28H,1-2H3,(H,30,31)/t16-,18+,20+,22+/m0/s1. The average molecular weight is 467 g/mol. The van der Waals surface area contributed by atoms with Crippen molar-refractivity contribution in [2.45, 2.75) is 37.3 Å². The van der Waals surface area contributed by atoms with Crippen LogP contribution in [0.15, 0.2) is 36.4 Å². The maximum atomic E-state index is 15.1. The van der Waals surface area contributed by atoms with Crippen LogP contribution in [0.4, 0.5) is 8.78 Å². The van der Waals surface area contributed by atoms with E-state index in [-0.39, 0.29) is 21.2 Å². The highest BCUT2D eigenvalue weighted by Gasteiger charge is 2.63. The van der Waals surface area contributed by atoms with Gasteiger partial charge < -0.3 is 5.11 Å². The zero-order chi connectivity index (χ0) is 23.1. The molecule has 0 aliphatic carbocycles. The lowest BCUT2D eigenvalue weighted by Gasteiger charge is -2.34. The number of carboxylic acids is 1. The summed E-state index contributed by atoms with van der Waals surface area (Å²) in [5, 5.41) is 22.7. The molecule has 31 heavy (non-hydrogen) atoms. The number of carbonyl (C=O) groups excluding carboxylic acids is 1. The fraction of sp³-hybridized carbons (Fsp3) is 0.318. The van der Waals surface area contributed by atoms with Gasteiger partial charge in [-0.2, -0.15) is 5.26 Å². The molecule has 1 saturated heterocycles. The van der Waals surface area contributed by atoms with Gasteiger partial charge in [-0.05, 0) is 23.8 Å². The number of halogens is 4. The number of nitriles is 1. The molecule has 162 valence electrons. The van der Waals surface area contributed by atoms with Crippen LogP contribution in [0, 0.1) is 28.9 Å². The Morgan fingerprint density at radius 2 is 1.90 bits per heavy atom. The van der Waals surface area contributed by atoms with Crippen LogP contribution >= 0.6 is 23.2 Å². The largest absolute Gasteiger partial charge is 0.480 e. The van der Waals surface area contributed by atoms with Gasteiger partial charge in [0.05, 0.1) is 17.1 Å². The van der Waals surface area contributed by atoms with Crippen LogP contribution in [-0.2, 0) is 15.0 Å². The van der Waals surface area contributed by atoms with Gasteiger partial charge in [0.1, 0.15) is 23.1 Å². The number of rotatable bonds is 5. The van der Waals surface area contributed by atoms with E-state index in [2.05, 4.69) is 5.32 Å². The van der Waals surface area contributed by atoms with Crippen molar-refractivity contribution in [3.63, 3.8) is 0 Å². The van der Waals surface area contributed by atoms with E-state index in [1.807, 2.05) is 6.07 Å². The second-order valence-corrected chi connectivity index (χ2v) is 8.54. The summed E-state index contributed by atoms with van der Waals surface area (Å²) in [6.45, 7) is 3.15. The molecule has 0 saturated carbocycles. The number of nitrogens with zero attached hydrogens (tertiary/aromatic N) is 1. The summed E-state index contributed by atoms with van der Waals surface area (Å²) in [6.07, 6.45) is 0. The van der Waals surface area contributed by atoms with Gasteiger partial charge in [0.15, 0.2) is 5.78 Å². The maximum Gasteiger partial charge on any atom is 0.321 e. The van der Waals surface area contributed by atoms with Gasteiger partial charge in [0.2, 0.25) is 0 Å². The Kier molecular flexibility index (Phi) is 6.38. The normalized spacial score (nSPS) is 25.4. The van der Waals surface area contributed by atoms with Gasteiger partial charge in [-0.1, -0.05) is 55.2 Å². The van der Waals surface area contributed by atoms with Crippen LogP contribution in [-0.4, -0.2) is 28.9 Å².